The molecule has 2 aromatic rings. The number of urea groups is 1. The number of amidine groups is 1. The molecule has 7 nitrogen and oxygen atoms in total. The highest BCUT2D eigenvalue weighted by atomic mass is 16.2. The fraction of sp³-hybridized carbons (Fsp3) is 0.278. The molecule has 7 heteroatoms. The molecule has 6 N–H and O–H groups in total. The lowest BCUT2D eigenvalue weighted by Crippen LogP contribution is -2.32. The Kier molecular flexibility index (Phi) is 6.33. The Balaban J connectivity index is 1.90. The van der Waals surface area contributed by atoms with Crippen LogP contribution in [0.25, 0.3) is 0 Å². The summed E-state index contributed by atoms with van der Waals surface area (Å²) in [6.07, 6.45) is 1.47. The van der Waals surface area contributed by atoms with E-state index >= 15 is 0 Å². The van der Waals surface area contributed by atoms with Crippen LogP contribution in [-0.2, 0) is 0 Å². The van der Waals surface area contributed by atoms with Gasteiger partial charge < -0.3 is 16.4 Å². The fourth-order valence-corrected chi connectivity index (χ4v) is 2.33. The van der Waals surface area contributed by atoms with Gasteiger partial charge in [-0.3, -0.25) is 10.7 Å². The van der Waals surface area contributed by atoms with E-state index in [0.29, 0.717) is 30.2 Å². The SMILES string of the molecule is CCNC(=N)c1cnc(NC(=O)NCC(C)c2ccccc2)cc1N. The zero-order valence-electron chi connectivity index (χ0n) is 14.5. The number of carbonyl (C=O) groups excluding carboxylic acids is 1. The van der Waals surface area contributed by atoms with Gasteiger partial charge in [0, 0.05) is 31.0 Å². The van der Waals surface area contributed by atoms with Gasteiger partial charge in [0.2, 0.25) is 0 Å². The van der Waals surface area contributed by atoms with E-state index in [4.69, 9.17) is 11.1 Å². The minimum Gasteiger partial charge on any atom is -0.398 e. The van der Waals surface area contributed by atoms with Crippen molar-refractivity contribution < 1.29 is 4.79 Å². The molecule has 2 amide bonds. The smallest absolute Gasteiger partial charge is 0.320 e. The molecular formula is C18H24N6O. The second kappa shape index (κ2) is 8.68. The van der Waals surface area contributed by atoms with Crippen molar-refractivity contribution in [2.45, 2.75) is 19.8 Å². The van der Waals surface area contributed by atoms with Gasteiger partial charge in [-0.25, -0.2) is 9.78 Å². The van der Waals surface area contributed by atoms with E-state index in [-0.39, 0.29) is 17.8 Å². The molecule has 0 aliphatic heterocycles. The predicted octanol–water partition coefficient (Wildman–Crippen LogP) is 2.52. The lowest BCUT2D eigenvalue weighted by Gasteiger charge is -2.14. The van der Waals surface area contributed by atoms with Gasteiger partial charge in [0.1, 0.15) is 11.7 Å². The van der Waals surface area contributed by atoms with Crippen LogP contribution in [-0.4, -0.2) is 29.9 Å². The van der Waals surface area contributed by atoms with Gasteiger partial charge >= 0.3 is 6.03 Å². The van der Waals surface area contributed by atoms with Crippen LogP contribution < -0.4 is 21.7 Å². The first-order valence-electron chi connectivity index (χ1n) is 8.19. The summed E-state index contributed by atoms with van der Waals surface area (Å²) in [6.45, 7) is 5.08. The summed E-state index contributed by atoms with van der Waals surface area (Å²) in [5, 5.41) is 16.2. The van der Waals surface area contributed by atoms with Crippen LogP contribution in [0.4, 0.5) is 16.3 Å². The third kappa shape index (κ3) is 5.20. The van der Waals surface area contributed by atoms with Gasteiger partial charge in [-0.15, -0.1) is 0 Å². The van der Waals surface area contributed by atoms with Crippen molar-refractivity contribution >= 4 is 23.4 Å². The molecule has 0 radical (unpaired) electrons. The van der Waals surface area contributed by atoms with Gasteiger partial charge in [-0.1, -0.05) is 37.3 Å². The molecule has 132 valence electrons. The summed E-state index contributed by atoms with van der Waals surface area (Å²) >= 11 is 0. The van der Waals surface area contributed by atoms with Gasteiger partial charge in [-0.2, -0.15) is 0 Å². The lowest BCUT2D eigenvalue weighted by atomic mass is 10.0. The minimum atomic E-state index is -0.343. The van der Waals surface area contributed by atoms with E-state index in [2.05, 4.69) is 20.9 Å². The molecule has 0 saturated heterocycles. The molecule has 2 rings (SSSR count). The number of anilines is 2. The Morgan fingerprint density at radius 3 is 2.64 bits per heavy atom. The topological polar surface area (TPSA) is 116 Å². The molecule has 0 fully saturated rings. The van der Waals surface area contributed by atoms with Crippen LogP contribution in [0, 0.1) is 5.41 Å². The van der Waals surface area contributed by atoms with Gasteiger partial charge in [-0.05, 0) is 18.4 Å². The highest BCUT2D eigenvalue weighted by molar-refractivity contribution is 6.01. The van der Waals surface area contributed by atoms with E-state index < -0.39 is 0 Å². The molecular weight excluding hydrogens is 316 g/mol. The first kappa shape index (κ1) is 18.3. The summed E-state index contributed by atoms with van der Waals surface area (Å²) in [4.78, 5) is 16.2. The summed E-state index contributed by atoms with van der Waals surface area (Å²) in [6, 6.07) is 11.2. The Morgan fingerprint density at radius 2 is 2.00 bits per heavy atom. The van der Waals surface area contributed by atoms with Crippen molar-refractivity contribution in [3.05, 3.63) is 53.7 Å². The molecule has 0 spiro atoms. The third-order valence-corrected chi connectivity index (χ3v) is 3.74. The summed E-state index contributed by atoms with van der Waals surface area (Å²) in [5.74, 6) is 0.753. The number of pyridine rings is 1. The monoisotopic (exact) mass is 340 g/mol. The molecule has 1 heterocycles. The minimum absolute atomic E-state index is 0.202. The standard InChI is InChI=1S/C18H24N6O/c1-3-21-17(20)14-11-22-16(9-15(14)19)24-18(25)23-10-12(2)13-7-5-4-6-8-13/h4-9,11-12H,3,10H2,1-2H3,(H2,20,21)(H4,19,22,23,24,25). The molecule has 0 saturated carbocycles. The zero-order valence-corrected chi connectivity index (χ0v) is 14.5. The highest BCUT2D eigenvalue weighted by Gasteiger charge is 2.10. The number of rotatable bonds is 6. The largest absolute Gasteiger partial charge is 0.398 e. The van der Waals surface area contributed by atoms with Crippen molar-refractivity contribution in [3.8, 4) is 0 Å². The maximum atomic E-state index is 12.0. The number of hydrogen-bond donors (Lipinski definition) is 5. The number of nitrogens with two attached hydrogens (primary N) is 1. The molecule has 0 aliphatic rings. The highest BCUT2D eigenvalue weighted by Crippen LogP contribution is 2.15. The zero-order chi connectivity index (χ0) is 18.2. The average Bonchev–Trinajstić information content (AvgIpc) is 2.60. The average molecular weight is 340 g/mol. The van der Waals surface area contributed by atoms with Crippen LogP contribution in [0.1, 0.15) is 30.9 Å². The number of hydrogen-bond acceptors (Lipinski definition) is 4. The van der Waals surface area contributed by atoms with E-state index in [1.165, 1.54) is 6.20 Å². The lowest BCUT2D eigenvalue weighted by molar-refractivity contribution is 0.251. The summed E-state index contributed by atoms with van der Waals surface area (Å²) in [5.41, 5.74) is 7.99. The maximum Gasteiger partial charge on any atom is 0.320 e. The fourth-order valence-electron chi connectivity index (χ4n) is 2.33. The van der Waals surface area contributed by atoms with E-state index in [1.807, 2.05) is 44.2 Å². The number of nitrogen functional groups attached to an aromatic ring is 1. The van der Waals surface area contributed by atoms with E-state index in [9.17, 15) is 4.79 Å². The van der Waals surface area contributed by atoms with Gasteiger partial charge in [0.25, 0.3) is 0 Å². The van der Waals surface area contributed by atoms with Gasteiger partial charge in [0.05, 0.1) is 5.56 Å². The number of nitrogens with one attached hydrogen (secondary N) is 4. The van der Waals surface area contributed by atoms with Crippen molar-refractivity contribution in [1.82, 2.24) is 15.6 Å². The van der Waals surface area contributed by atoms with Crippen LogP contribution in [0.3, 0.4) is 0 Å². The van der Waals surface area contributed by atoms with Gasteiger partial charge in [0.15, 0.2) is 0 Å². The Bertz CT molecular complexity index is 732. The second-order valence-electron chi connectivity index (χ2n) is 5.71. The Morgan fingerprint density at radius 1 is 1.28 bits per heavy atom. The van der Waals surface area contributed by atoms with Crippen LogP contribution in [0.15, 0.2) is 42.6 Å². The molecule has 1 aromatic heterocycles. The Hall–Kier alpha value is -3.09. The summed E-state index contributed by atoms with van der Waals surface area (Å²) < 4.78 is 0. The van der Waals surface area contributed by atoms with Crippen molar-refractivity contribution in [3.63, 3.8) is 0 Å². The molecule has 1 atom stereocenters. The molecule has 0 aliphatic carbocycles. The number of benzene rings is 1. The third-order valence-electron chi connectivity index (χ3n) is 3.74. The number of aromatic nitrogens is 1. The van der Waals surface area contributed by atoms with Crippen molar-refractivity contribution in [2.24, 2.45) is 0 Å². The quantitative estimate of drug-likeness (QED) is 0.410. The Labute approximate surface area is 147 Å². The number of carbonyl (C=O) groups is 1. The van der Waals surface area contributed by atoms with Crippen molar-refractivity contribution in [1.29, 1.82) is 5.41 Å². The molecule has 1 aromatic carbocycles. The van der Waals surface area contributed by atoms with E-state index in [0.717, 1.165) is 5.56 Å². The van der Waals surface area contributed by atoms with Crippen LogP contribution >= 0.6 is 0 Å². The van der Waals surface area contributed by atoms with Crippen LogP contribution in [0.2, 0.25) is 0 Å². The first-order chi connectivity index (χ1) is 12.0. The summed E-state index contributed by atoms with van der Waals surface area (Å²) in [7, 11) is 0. The normalized spacial score (nSPS) is 11.4. The molecule has 25 heavy (non-hydrogen) atoms. The van der Waals surface area contributed by atoms with Crippen molar-refractivity contribution in [2.75, 3.05) is 24.1 Å². The first-order valence-corrected chi connectivity index (χ1v) is 8.19. The second-order valence-corrected chi connectivity index (χ2v) is 5.71. The molecule has 1 unspecified atom stereocenters. The maximum absolute atomic E-state index is 12.0. The number of nitrogens with zero attached hydrogens (tertiary/aromatic N) is 1. The predicted molar refractivity (Wildman–Crippen MR) is 101 cm³/mol. The van der Waals surface area contributed by atoms with Crippen LogP contribution in [0.5, 0.6) is 0 Å². The molecule has 0 bridgehead atoms. The number of amides is 2. The van der Waals surface area contributed by atoms with E-state index in [1.54, 1.807) is 6.07 Å².